The van der Waals surface area contributed by atoms with Crippen LogP contribution in [0, 0.1) is 12.8 Å². The average molecular weight is 534 g/mol. The third kappa shape index (κ3) is 5.27. The van der Waals surface area contributed by atoms with Gasteiger partial charge in [0.25, 0.3) is 0 Å². The Morgan fingerprint density at radius 2 is 2.00 bits per heavy atom. The standard InChI is InChI=1S/C33H35N5S/c1-4-22(19-34-20-23-9-6-7-10-23)17-24(5-2)27-14-15-29-32(36-27)33(38-37-29)30-18-26-25(11-8-12-28(26)35-30)31-16-13-21(3)39-31/h4-5,8,11-18,23,34-35H,1,6-7,9-10,19-20H2,2-3H3,(H,37,38)/b22-17+,24-5+. The van der Waals surface area contributed by atoms with Gasteiger partial charge in [-0.2, -0.15) is 5.10 Å². The van der Waals surface area contributed by atoms with Crippen LogP contribution in [-0.4, -0.2) is 33.3 Å². The summed E-state index contributed by atoms with van der Waals surface area (Å²) >= 11 is 1.82. The summed E-state index contributed by atoms with van der Waals surface area (Å²) in [6.07, 6.45) is 11.7. The van der Waals surface area contributed by atoms with E-state index in [1.54, 1.807) is 0 Å². The van der Waals surface area contributed by atoms with Crippen molar-refractivity contribution < 1.29 is 0 Å². The zero-order valence-electron chi connectivity index (χ0n) is 22.7. The van der Waals surface area contributed by atoms with Crippen LogP contribution in [-0.2, 0) is 0 Å². The number of nitrogens with zero attached hydrogens (tertiary/aromatic N) is 2. The lowest BCUT2D eigenvalue weighted by molar-refractivity contribution is 0.503. The van der Waals surface area contributed by atoms with Crippen molar-refractivity contribution in [1.82, 2.24) is 25.5 Å². The van der Waals surface area contributed by atoms with Gasteiger partial charge < -0.3 is 10.3 Å². The molecule has 0 atom stereocenters. The Morgan fingerprint density at radius 3 is 2.77 bits per heavy atom. The molecular formula is C33H35N5S. The molecule has 1 aliphatic rings. The molecule has 0 spiro atoms. The number of aryl methyl sites for hydroxylation is 1. The number of H-pyrrole nitrogens is 2. The lowest BCUT2D eigenvalue weighted by atomic mass is 10.1. The smallest absolute Gasteiger partial charge is 0.135 e. The quantitative estimate of drug-likeness (QED) is 0.167. The largest absolute Gasteiger partial charge is 0.353 e. The molecule has 1 saturated carbocycles. The minimum atomic E-state index is 0.816. The van der Waals surface area contributed by atoms with Crippen LogP contribution in [0.5, 0.6) is 0 Å². The summed E-state index contributed by atoms with van der Waals surface area (Å²) in [6.45, 7) is 10.2. The first kappa shape index (κ1) is 25.5. The Labute approximate surface area is 233 Å². The summed E-state index contributed by atoms with van der Waals surface area (Å²) < 4.78 is 0. The van der Waals surface area contributed by atoms with Crippen molar-refractivity contribution in [3.8, 4) is 21.8 Å². The molecule has 6 rings (SSSR count). The molecule has 4 heterocycles. The van der Waals surface area contributed by atoms with Gasteiger partial charge in [0.2, 0.25) is 0 Å². The Kier molecular flexibility index (Phi) is 7.31. The van der Waals surface area contributed by atoms with Crippen LogP contribution in [0.2, 0.25) is 0 Å². The number of pyridine rings is 1. The minimum absolute atomic E-state index is 0.816. The average Bonchev–Trinajstić information content (AvgIpc) is 3.76. The molecule has 1 aliphatic carbocycles. The number of benzene rings is 1. The Bertz CT molecular complexity index is 1690. The molecule has 0 bridgehead atoms. The fraction of sp³-hybridized carbons (Fsp3) is 0.273. The molecule has 5 aromatic rings. The number of hydrogen-bond donors (Lipinski definition) is 3. The van der Waals surface area contributed by atoms with E-state index in [2.05, 4.69) is 102 Å². The first-order valence-corrected chi connectivity index (χ1v) is 14.7. The monoisotopic (exact) mass is 533 g/mol. The van der Waals surface area contributed by atoms with E-state index < -0.39 is 0 Å². The van der Waals surface area contributed by atoms with Crippen molar-refractivity contribution in [2.75, 3.05) is 13.1 Å². The summed E-state index contributed by atoms with van der Waals surface area (Å²) in [7, 11) is 0. The van der Waals surface area contributed by atoms with Crippen LogP contribution < -0.4 is 5.32 Å². The van der Waals surface area contributed by atoms with Gasteiger partial charge in [0.05, 0.1) is 16.9 Å². The van der Waals surface area contributed by atoms with E-state index in [1.165, 1.54) is 52.0 Å². The van der Waals surface area contributed by atoms with Crippen LogP contribution in [0.1, 0.15) is 43.2 Å². The number of nitrogens with one attached hydrogen (secondary N) is 3. The van der Waals surface area contributed by atoms with Gasteiger partial charge in [-0.1, -0.05) is 43.7 Å². The second kappa shape index (κ2) is 11.2. The molecule has 5 nitrogen and oxygen atoms in total. The zero-order valence-corrected chi connectivity index (χ0v) is 23.5. The second-order valence-corrected chi connectivity index (χ2v) is 11.8. The number of aromatic amines is 2. The molecule has 0 saturated heterocycles. The van der Waals surface area contributed by atoms with Crippen molar-refractivity contribution in [3.63, 3.8) is 0 Å². The maximum absolute atomic E-state index is 5.09. The fourth-order valence-corrected chi connectivity index (χ4v) is 6.55. The lowest BCUT2D eigenvalue weighted by Crippen LogP contribution is -2.23. The first-order valence-electron chi connectivity index (χ1n) is 13.9. The van der Waals surface area contributed by atoms with Gasteiger partial charge in [-0.15, -0.1) is 11.3 Å². The van der Waals surface area contributed by atoms with Crippen molar-refractivity contribution in [2.24, 2.45) is 5.92 Å². The number of hydrogen-bond acceptors (Lipinski definition) is 4. The topological polar surface area (TPSA) is 69.4 Å². The molecule has 0 amide bonds. The molecule has 1 fully saturated rings. The van der Waals surface area contributed by atoms with Gasteiger partial charge in [0.15, 0.2) is 0 Å². The summed E-state index contributed by atoms with van der Waals surface area (Å²) in [5.41, 5.74) is 9.08. The molecule has 6 heteroatoms. The van der Waals surface area contributed by atoms with Crippen LogP contribution in [0.25, 0.3) is 49.3 Å². The van der Waals surface area contributed by atoms with Crippen LogP contribution in [0.4, 0.5) is 0 Å². The molecule has 4 aromatic heterocycles. The van der Waals surface area contributed by atoms with E-state index in [0.29, 0.717) is 0 Å². The third-order valence-corrected chi connectivity index (χ3v) is 8.81. The summed E-state index contributed by atoms with van der Waals surface area (Å²) in [5.74, 6) is 0.816. The predicted molar refractivity (Wildman–Crippen MR) is 166 cm³/mol. The third-order valence-electron chi connectivity index (χ3n) is 7.78. The van der Waals surface area contributed by atoms with Gasteiger partial charge >= 0.3 is 0 Å². The van der Waals surface area contributed by atoms with Crippen LogP contribution in [0.3, 0.4) is 0 Å². The van der Waals surface area contributed by atoms with E-state index in [9.17, 15) is 0 Å². The molecular weight excluding hydrogens is 498 g/mol. The van der Waals surface area contributed by atoms with E-state index in [-0.39, 0.29) is 0 Å². The van der Waals surface area contributed by atoms with Crippen molar-refractivity contribution in [3.05, 3.63) is 89.5 Å². The first-order chi connectivity index (χ1) is 19.1. The summed E-state index contributed by atoms with van der Waals surface area (Å²) in [4.78, 5) is 11.3. The molecule has 198 valence electrons. The van der Waals surface area contributed by atoms with Gasteiger partial charge in [-0.05, 0) is 92.8 Å². The van der Waals surface area contributed by atoms with Crippen LogP contribution >= 0.6 is 11.3 Å². The fourth-order valence-electron chi connectivity index (χ4n) is 5.65. The number of fused-ring (bicyclic) bond motifs is 2. The zero-order chi connectivity index (χ0) is 26.8. The highest BCUT2D eigenvalue weighted by molar-refractivity contribution is 7.15. The van der Waals surface area contributed by atoms with Gasteiger partial charge in [-0.25, -0.2) is 4.98 Å². The minimum Gasteiger partial charge on any atom is -0.353 e. The summed E-state index contributed by atoms with van der Waals surface area (Å²) in [6, 6.07) is 17.1. The number of thiophene rings is 1. The normalized spacial score (nSPS) is 15.1. The Morgan fingerprint density at radius 1 is 1.13 bits per heavy atom. The highest BCUT2D eigenvalue weighted by Gasteiger charge is 2.17. The Balaban J connectivity index is 1.30. The molecule has 1 aromatic carbocycles. The van der Waals surface area contributed by atoms with Gasteiger partial charge in [0, 0.05) is 32.8 Å². The van der Waals surface area contributed by atoms with E-state index in [1.807, 2.05) is 17.4 Å². The van der Waals surface area contributed by atoms with Crippen molar-refractivity contribution in [2.45, 2.75) is 39.5 Å². The van der Waals surface area contributed by atoms with E-state index in [4.69, 9.17) is 4.98 Å². The Hall–Kier alpha value is -3.74. The lowest BCUT2D eigenvalue weighted by Gasteiger charge is -2.11. The predicted octanol–water partition coefficient (Wildman–Crippen LogP) is 8.44. The van der Waals surface area contributed by atoms with Gasteiger partial charge in [-0.3, -0.25) is 5.10 Å². The van der Waals surface area contributed by atoms with Crippen LogP contribution in [0.15, 0.2) is 78.9 Å². The van der Waals surface area contributed by atoms with Crippen molar-refractivity contribution >= 4 is 38.8 Å². The van der Waals surface area contributed by atoms with Crippen molar-refractivity contribution in [1.29, 1.82) is 0 Å². The molecule has 0 unspecified atom stereocenters. The van der Waals surface area contributed by atoms with Gasteiger partial charge in [0.1, 0.15) is 11.2 Å². The number of aromatic nitrogens is 4. The number of rotatable bonds is 9. The summed E-state index contributed by atoms with van der Waals surface area (Å²) in [5, 5.41) is 12.7. The van der Waals surface area contributed by atoms with E-state index in [0.717, 1.165) is 58.2 Å². The highest BCUT2D eigenvalue weighted by atomic mass is 32.1. The second-order valence-electron chi connectivity index (χ2n) is 10.5. The maximum Gasteiger partial charge on any atom is 0.135 e. The SMILES string of the molecule is C=C/C(=C\C(=C/C)c1ccc2[nH]nc(-c3cc4c(-c5ccc(C)s5)cccc4[nH]3)c2n1)CNCC1CCCC1. The van der Waals surface area contributed by atoms with E-state index >= 15 is 0 Å². The molecule has 3 N–H and O–H groups in total. The molecule has 0 aliphatic heterocycles. The number of allylic oxidation sites excluding steroid dienone is 3. The highest BCUT2D eigenvalue weighted by Crippen LogP contribution is 2.36. The maximum atomic E-state index is 5.09. The molecule has 0 radical (unpaired) electrons. The molecule has 39 heavy (non-hydrogen) atoms.